The first-order chi connectivity index (χ1) is 18.5. The molecule has 0 spiro atoms. The molecule has 0 atom stereocenters. The maximum Gasteiger partial charge on any atom is 0.259 e. The van der Waals surface area contributed by atoms with Crippen molar-refractivity contribution in [1.29, 1.82) is 0 Å². The fourth-order valence-electron chi connectivity index (χ4n) is 5.61. The van der Waals surface area contributed by atoms with Gasteiger partial charge in [-0.15, -0.1) is 0 Å². The number of ether oxygens (including phenoxy) is 2. The third-order valence-corrected chi connectivity index (χ3v) is 7.77. The van der Waals surface area contributed by atoms with Crippen LogP contribution in [-0.2, 0) is 24.1 Å². The summed E-state index contributed by atoms with van der Waals surface area (Å²) in [6.45, 7) is 1.51. The summed E-state index contributed by atoms with van der Waals surface area (Å²) in [4.78, 5) is 27.7. The number of nitrogens with zero attached hydrogens (tertiary/aromatic N) is 1. The van der Waals surface area contributed by atoms with Crippen molar-refractivity contribution in [2.24, 2.45) is 0 Å². The molecule has 2 amide bonds. The zero-order valence-corrected chi connectivity index (χ0v) is 22.0. The number of anilines is 1. The molecule has 3 aromatic carbocycles. The summed E-state index contributed by atoms with van der Waals surface area (Å²) >= 11 is 0. The van der Waals surface area contributed by atoms with Gasteiger partial charge in [0.1, 0.15) is 0 Å². The maximum atomic E-state index is 12.9. The molecule has 3 aromatic rings. The van der Waals surface area contributed by atoms with Crippen LogP contribution in [0.1, 0.15) is 57.8 Å². The Morgan fingerprint density at radius 3 is 2.39 bits per heavy atom. The smallest absolute Gasteiger partial charge is 0.259 e. The molecule has 0 radical (unpaired) electrons. The van der Waals surface area contributed by atoms with E-state index in [0.29, 0.717) is 23.8 Å². The largest absolute Gasteiger partial charge is 0.504 e. The van der Waals surface area contributed by atoms with Crippen molar-refractivity contribution >= 4 is 17.5 Å². The normalized spacial score (nSPS) is 15.2. The lowest BCUT2D eigenvalue weighted by Gasteiger charge is -2.32. The number of carbonyl (C=O) groups excluding carboxylic acids is 2. The van der Waals surface area contributed by atoms with E-state index in [1.54, 1.807) is 6.07 Å². The zero-order valence-electron chi connectivity index (χ0n) is 22.0. The summed E-state index contributed by atoms with van der Waals surface area (Å²) in [5, 5.41) is 13.3. The van der Waals surface area contributed by atoms with Crippen LogP contribution in [0.5, 0.6) is 17.2 Å². The molecule has 0 aromatic heterocycles. The van der Waals surface area contributed by atoms with Gasteiger partial charge in [0.25, 0.3) is 5.91 Å². The highest BCUT2D eigenvalue weighted by molar-refractivity contribution is 6.06. The second kappa shape index (κ2) is 11.2. The van der Waals surface area contributed by atoms with E-state index >= 15 is 0 Å². The van der Waals surface area contributed by atoms with E-state index in [1.165, 1.54) is 43.4 Å². The molecular formula is C31H34N2O5. The van der Waals surface area contributed by atoms with Gasteiger partial charge in [-0.25, -0.2) is 0 Å². The van der Waals surface area contributed by atoms with Crippen molar-refractivity contribution in [2.45, 2.75) is 44.4 Å². The predicted molar refractivity (Wildman–Crippen MR) is 146 cm³/mol. The van der Waals surface area contributed by atoms with Crippen LogP contribution in [-0.4, -0.2) is 49.1 Å². The molecule has 0 unspecified atom stereocenters. The molecule has 1 aliphatic heterocycles. The number of methoxy groups -OCH3 is 2. The minimum Gasteiger partial charge on any atom is -0.504 e. The molecule has 198 valence electrons. The molecule has 7 nitrogen and oxygen atoms in total. The Kier molecular flexibility index (Phi) is 7.54. The summed E-state index contributed by atoms with van der Waals surface area (Å²) in [6.07, 6.45) is 5.81. The second-order valence-electron chi connectivity index (χ2n) is 10.1. The molecule has 0 bridgehead atoms. The number of fused-ring (bicyclic) bond motifs is 1. The maximum absolute atomic E-state index is 12.9. The standard InChI is InChI=1S/C31H34N2O5/c1-37-27-13-12-26(29(35)30(27)38-2)31(36)32-25-10-8-22(9-11-25)23-14-16-33(17-15-23)28(34)19-20-6-7-21-4-3-5-24(21)18-20/h6-13,18,23,35H,3-5,14-17,19H2,1-2H3,(H,32,36). The number of likely N-dealkylation sites (tertiary alicyclic amines) is 1. The van der Waals surface area contributed by atoms with Crippen molar-refractivity contribution in [3.8, 4) is 17.2 Å². The first kappa shape index (κ1) is 25.6. The Morgan fingerprint density at radius 2 is 1.68 bits per heavy atom. The molecule has 2 N–H and O–H groups in total. The van der Waals surface area contributed by atoms with E-state index < -0.39 is 5.91 Å². The minimum atomic E-state index is -0.439. The Morgan fingerprint density at radius 1 is 0.947 bits per heavy atom. The fourth-order valence-corrected chi connectivity index (χ4v) is 5.61. The molecule has 7 heteroatoms. The van der Waals surface area contributed by atoms with E-state index in [9.17, 15) is 14.7 Å². The van der Waals surface area contributed by atoms with Crippen LogP contribution in [0.25, 0.3) is 0 Å². The molecule has 1 fully saturated rings. The first-order valence-corrected chi connectivity index (χ1v) is 13.2. The lowest BCUT2D eigenvalue weighted by atomic mass is 9.89. The van der Waals surface area contributed by atoms with Gasteiger partial charge >= 0.3 is 0 Å². The molecule has 1 saturated heterocycles. The Bertz CT molecular complexity index is 1330. The van der Waals surface area contributed by atoms with Gasteiger partial charge in [0.2, 0.25) is 11.7 Å². The van der Waals surface area contributed by atoms with Crippen LogP contribution in [0.4, 0.5) is 5.69 Å². The summed E-state index contributed by atoms with van der Waals surface area (Å²) in [6, 6.07) is 17.4. The number of amides is 2. The van der Waals surface area contributed by atoms with Crippen molar-refractivity contribution in [3.63, 3.8) is 0 Å². The SMILES string of the molecule is COc1ccc(C(=O)Nc2ccc(C3CCN(C(=O)Cc4ccc5c(c4)CCC5)CC3)cc2)c(O)c1OC. The molecule has 5 rings (SSSR count). The molecular weight excluding hydrogens is 480 g/mol. The lowest BCUT2D eigenvalue weighted by Crippen LogP contribution is -2.38. The van der Waals surface area contributed by atoms with E-state index in [2.05, 4.69) is 23.5 Å². The van der Waals surface area contributed by atoms with Gasteiger partial charge in [-0.3, -0.25) is 9.59 Å². The quantitative estimate of drug-likeness (QED) is 0.458. The van der Waals surface area contributed by atoms with Crippen LogP contribution >= 0.6 is 0 Å². The number of rotatable bonds is 7. The van der Waals surface area contributed by atoms with E-state index in [-0.39, 0.29) is 23.0 Å². The van der Waals surface area contributed by atoms with Gasteiger partial charge in [-0.2, -0.15) is 0 Å². The van der Waals surface area contributed by atoms with Crippen LogP contribution in [0.2, 0.25) is 0 Å². The van der Waals surface area contributed by atoms with Crippen molar-refractivity contribution in [3.05, 3.63) is 82.4 Å². The number of hydrogen-bond donors (Lipinski definition) is 2. The minimum absolute atomic E-state index is 0.101. The first-order valence-electron chi connectivity index (χ1n) is 13.2. The van der Waals surface area contributed by atoms with E-state index in [1.807, 2.05) is 29.2 Å². The molecule has 0 saturated carbocycles. The highest BCUT2D eigenvalue weighted by Crippen LogP contribution is 2.39. The third kappa shape index (κ3) is 5.32. The van der Waals surface area contributed by atoms with Gasteiger partial charge in [-0.05, 0) is 84.5 Å². The van der Waals surface area contributed by atoms with Crippen LogP contribution in [0, 0.1) is 0 Å². The fraction of sp³-hybridized carbons (Fsp3) is 0.355. The number of carbonyl (C=O) groups is 2. The highest BCUT2D eigenvalue weighted by atomic mass is 16.5. The van der Waals surface area contributed by atoms with Crippen molar-refractivity contribution < 1.29 is 24.2 Å². The number of nitrogens with one attached hydrogen (secondary N) is 1. The number of hydrogen-bond acceptors (Lipinski definition) is 5. The van der Waals surface area contributed by atoms with Gasteiger partial charge in [0.05, 0.1) is 26.2 Å². The van der Waals surface area contributed by atoms with Crippen LogP contribution in [0.3, 0.4) is 0 Å². The summed E-state index contributed by atoms with van der Waals surface area (Å²) < 4.78 is 10.3. The summed E-state index contributed by atoms with van der Waals surface area (Å²) in [5.41, 5.74) is 5.90. The summed E-state index contributed by atoms with van der Waals surface area (Å²) in [7, 11) is 2.88. The molecule has 38 heavy (non-hydrogen) atoms. The third-order valence-electron chi connectivity index (χ3n) is 7.77. The Hall–Kier alpha value is -4.00. The monoisotopic (exact) mass is 514 g/mol. The van der Waals surface area contributed by atoms with Crippen molar-refractivity contribution in [1.82, 2.24) is 4.90 Å². The van der Waals surface area contributed by atoms with Gasteiger partial charge in [0.15, 0.2) is 11.5 Å². The van der Waals surface area contributed by atoms with E-state index in [0.717, 1.165) is 44.3 Å². The molecule has 2 aliphatic rings. The van der Waals surface area contributed by atoms with Crippen molar-refractivity contribution in [2.75, 3.05) is 32.6 Å². The van der Waals surface area contributed by atoms with E-state index in [4.69, 9.17) is 9.47 Å². The van der Waals surface area contributed by atoms with Gasteiger partial charge in [-0.1, -0.05) is 30.3 Å². The number of phenolic OH excluding ortho intramolecular Hbond substituents is 1. The Labute approximate surface area is 223 Å². The van der Waals surface area contributed by atoms with Gasteiger partial charge in [0, 0.05) is 18.8 Å². The molecule has 1 heterocycles. The average molecular weight is 515 g/mol. The number of aromatic hydroxyl groups is 1. The number of benzene rings is 3. The van der Waals surface area contributed by atoms with Gasteiger partial charge < -0.3 is 24.8 Å². The second-order valence-corrected chi connectivity index (χ2v) is 10.1. The number of piperidine rings is 1. The lowest BCUT2D eigenvalue weighted by molar-refractivity contribution is -0.131. The number of phenols is 1. The average Bonchev–Trinajstić information content (AvgIpc) is 3.41. The van der Waals surface area contributed by atoms with Crippen LogP contribution < -0.4 is 14.8 Å². The summed E-state index contributed by atoms with van der Waals surface area (Å²) in [5.74, 6) is 0.343. The Balaban J connectivity index is 1.15. The zero-order chi connectivity index (χ0) is 26.6. The highest BCUT2D eigenvalue weighted by Gasteiger charge is 2.25. The number of aryl methyl sites for hydroxylation is 2. The topological polar surface area (TPSA) is 88.1 Å². The van der Waals surface area contributed by atoms with Crippen LogP contribution in [0.15, 0.2) is 54.6 Å². The molecule has 1 aliphatic carbocycles. The predicted octanol–water partition coefficient (Wildman–Crippen LogP) is 5.10.